The van der Waals surface area contributed by atoms with Gasteiger partial charge in [0, 0.05) is 52.2 Å². The second kappa shape index (κ2) is 15.5. The summed E-state index contributed by atoms with van der Waals surface area (Å²) in [6.45, 7) is 14.2. The van der Waals surface area contributed by atoms with Crippen molar-refractivity contribution in [3.05, 3.63) is 187 Å². The van der Waals surface area contributed by atoms with Crippen molar-refractivity contribution < 1.29 is 0 Å². The van der Waals surface area contributed by atoms with Crippen LogP contribution >= 0.6 is 22.7 Å². The Balaban J connectivity index is 1.10. The number of anilines is 4. The molecule has 0 saturated carbocycles. The summed E-state index contributed by atoms with van der Waals surface area (Å²) < 4.78 is 5.45. The van der Waals surface area contributed by atoms with E-state index in [0.29, 0.717) is 0 Å². The lowest BCUT2D eigenvalue weighted by Crippen LogP contribution is -2.57. The van der Waals surface area contributed by atoms with Crippen LogP contribution in [0.2, 0.25) is 0 Å². The van der Waals surface area contributed by atoms with Crippen molar-refractivity contribution in [3.63, 3.8) is 0 Å². The zero-order valence-corrected chi connectivity index (χ0v) is 43.7. The molecule has 2 aromatic heterocycles. The summed E-state index contributed by atoms with van der Waals surface area (Å²) in [5.74, 6) is 0. The molecular weight excluding hydrogens is 920 g/mol. The Morgan fingerprint density at radius 2 is 0.795 bits per heavy atom. The summed E-state index contributed by atoms with van der Waals surface area (Å²) in [4.78, 5) is 0. The van der Waals surface area contributed by atoms with Gasteiger partial charge in [-0.3, -0.25) is 0 Å². The van der Waals surface area contributed by atoms with Crippen LogP contribution in [0.15, 0.2) is 176 Å². The Kier molecular flexibility index (Phi) is 9.19. The van der Waals surface area contributed by atoms with Crippen LogP contribution in [0, 0.1) is 0 Å². The van der Waals surface area contributed by atoms with Gasteiger partial charge in [0.05, 0.1) is 11.4 Å². The normalized spacial score (nSPS) is 13.4. The Labute approximate surface area is 434 Å². The fourth-order valence-corrected chi connectivity index (χ4v) is 15.3. The molecule has 2 aliphatic heterocycles. The van der Waals surface area contributed by atoms with Crippen LogP contribution < -0.4 is 25.6 Å². The summed E-state index contributed by atoms with van der Waals surface area (Å²) in [6.07, 6.45) is 2.14. The summed E-state index contributed by atoms with van der Waals surface area (Å²) >= 11 is 3.96. The number of nitrogens with one attached hydrogen (secondary N) is 2. The van der Waals surface area contributed by atoms with Crippen molar-refractivity contribution in [2.75, 3.05) is 10.6 Å². The average Bonchev–Trinajstić information content (AvgIpc) is 4.00. The topological polar surface area (TPSA) is 24.1 Å². The highest BCUT2D eigenvalue weighted by molar-refractivity contribution is 7.40. The molecule has 0 unspecified atom stereocenters. The first kappa shape index (κ1) is 43.2. The molecule has 2 nitrogen and oxygen atoms in total. The first-order valence-electron chi connectivity index (χ1n) is 26.1. The predicted octanol–water partition coefficient (Wildman–Crippen LogP) is 18.4. The molecule has 4 heterocycles. The highest BCUT2D eigenvalue weighted by Crippen LogP contribution is 2.51. The zero-order chi connectivity index (χ0) is 49.1. The second-order valence-corrected chi connectivity index (χ2v) is 24.2. The molecule has 0 spiro atoms. The Morgan fingerprint density at radius 3 is 1.29 bits per heavy atom. The molecule has 15 rings (SSSR count). The summed E-state index contributed by atoms with van der Waals surface area (Å²) in [5, 5.41) is 26.7. The van der Waals surface area contributed by atoms with Crippen molar-refractivity contribution in [1.82, 2.24) is 0 Å². The molecule has 73 heavy (non-hydrogen) atoms. The molecule has 2 N–H and O–H groups in total. The number of rotatable bonds is 6. The van der Waals surface area contributed by atoms with Gasteiger partial charge in [0.2, 0.25) is 0 Å². The fourth-order valence-electron chi connectivity index (χ4n) is 12.7. The van der Waals surface area contributed by atoms with Crippen molar-refractivity contribution in [2.24, 2.45) is 0 Å². The quantitative estimate of drug-likeness (QED) is 0.128. The molecule has 0 aliphatic carbocycles. The van der Waals surface area contributed by atoms with Gasteiger partial charge in [-0.1, -0.05) is 181 Å². The molecule has 0 saturated heterocycles. The van der Waals surface area contributed by atoms with Gasteiger partial charge in [0.1, 0.15) is 0 Å². The molecule has 0 atom stereocenters. The van der Waals surface area contributed by atoms with E-state index in [4.69, 9.17) is 0 Å². The Hall–Kier alpha value is -7.44. The fraction of sp³-hybridized carbons (Fsp3) is 0.147. The standard InChI is InChI=1S/C68H53BN2S2/c1-7-67(3,4)39-29-32-57-55(35-39)63-65(72-57)69-60-61(70-63)52(38-28-31-48-43-20-10-9-18-41(43)42-19-12-14-24-47(42)53(48)34-38)37-54(62(60)71-64-56-36-40(68(5,6)8-2)30-33-58(56)73-66(64)69)51-27-17-26-50-46-22-13-11-21-44(46)45-23-15-16-25-49(45)59(50)51/h9-37,70-71H,7-8H2,1-6H3. The van der Waals surface area contributed by atoms with Crippen molar-refractivity contribution in [3.8, 4) is 22.3 Å². The SMILES string of the molecule is CCC(C)(C)c1ccc2sc3c(c2c1)Nc1c(-c2ccc4c5ccccc5c5ccccc5c4c2)cc(-c2cccc4c5ccccc5c5ccccc5c24)c2c1B3c1sc3ccc(C(C)(C)CC)cc3c1N2. The number of hydrogen-bond donors (Lipinski definition) is 2. The maximum Gasteiger partial charge on any atom is 0.277 e. The van der Waals surface area contributed by atoms with Gasteiger partial charge in [0.25, 0.3) is 6.71 Å². The van der Waals surface area contributed by atoms with Crippen LogP contribution in [0.1, 0.15) is 65.5 Å². The average molecular weight is 973 g/mol. The number of thiophene rings is 2. The predicted molar refractivity (Wildman–Crippen MR) is 324 cm³/mol. The number of hydrogen-bond acceptors (Lipinski definition) is 4. The molecule has 0 radical (unpaired) electrons. The lowest BCUT2D eigenvalue weighted by Gasteiger charge is -2.35. The van der Waals surface area contributed by atoms with Crippen molar-refractivity contribution in [1.29, 1.82) is 0 Å². The van der Waals surface area contributed by atoms with Crippen molar-refractivity contribution in [2.45, 2.75) is 65.2 Å². The monoisotopic (exact) mass is 972 g/mol. The molecule has 13 aromatic rings. The van der Waals surface area contributed by atoms with Gasteiger partial charge < -0.3 is 10.6 Å². The van der Waals surface area contributed by atoms with E-state index in [9.17, 15) is 0 Å². The second-order valence-electron chi connectivity index (χ2n) is 22.1. The Bertz CT molecular complexity index is 4460. The maximum absolute atomic E-state index is 4.35. The van der Waals surface area contributed by atoms with Crippen LogP contribution in [-0.2, 0) is 10.8 Å². The van der Waals surface area contributed by atoms with Gasteiger partial charge >= 0.3 is 0 Å². The van der Waals surface area contributed by atoms with E-state index in [1.54, 1.807) is 0 Å². The highest BCUT2D eigenvalue weighted by atomic mass is 32.1. The van der Waals surface area contributed by atoms with E-state index in [1.807, 2.05) is 22.7 Å². The number of benzene rings is 11. The first-order valence-corrected chi connectivity index (χ1v) is 27.8. The van der Waals surface area contributed by atoms with E-state index >= 15 is 0 Å². The largest absolute Gasteiger partial charge is 0.355 e. The Morgan fingerprint density at radius 1 is 0.370 bits per heavy atom. The molecule has 0 amide bonds. The molecule has 0 bridgehead atoms. The van der Waals surface area contributed by atoms with Gasteiger partial charge in [0.15, 0.2) is 0 Å². The van der Waals surface area contributed by atoms with Gasteiger partial charge in [-0.2, -0.15) is 0 Å². The van der Waals surface area contributed by atoms with Gasteiger partial charge in [-0.25, -0.2) is 0 Å². The molecule has 2 aliphatic rings. The minimum Gasteiger partial charge on any atom is -0.355 e. The van der Waals surface area contributed by atoms with Crippen LogP contribution in [-0.4, -0.2) is 6.71 Å². The summed E-state index contributed by atoms with van der Waals surface area (Å²) in [5.41, 5.74) is 14.0. The van der Waals surface area contributed by atoms with Gasteiger partial charge in [-0.05, 0) is 152 Å². The first-order chi connectivity index (χ1) is 35.6. The van der Waals surface area contributed by atoms with Crippen molar-refractivity contribution >= 4 is 152 Å². The lowest BCUT2D eigenvalue weighted by atomic mass is 9.39. The van der Waals surface area contributed by atoms with Crippen LogP contribution in [0.3, 0.4) is 0 Å². The zero-order valence-electron chi connectivity index (χ0n) is 42.1. The molecule has 11 aromatic carbocycles. The molecule has 350 valence electrons. The van der Waals surface area contributed by atoms with E-state index in [1.165, 1.54) is 156 Å². The maximum atomic E-state index is 4.35. The smallest absolute Gasteiger partial charge is 0.277 e. The van der Waals surface area contributed by atoms with E-state index in [0.717, 1.165) is 12.8 Å². The van der Waals surface area contributed by atoms with E-state index in [-0.39, 0.29) is 17.5 Å². The lowest BCUT2D eigenvalue weighted by molar-refractivity contribution is 0.507. The number of fused-ring (bicyclic) bond motifs is 20. The third-order valence-electron chi connectivity index (χ3n) is 17.6. The molecule has 0 fully saturated rings. The third kappa shape index (κ3) is 6.10. The third-order valence-corrected chi connectivity index (χ3v) is 20.0. The minimum absolute atomic E-state index is 0.00838. The van der Waals surface area contributed by atoms with E-state index < -0.39 is 0 Å². The summed E-state index contributed by atoms with van der Waals surface area (Å²) in [7, 11) is 0. The highest BCUT2D eigenvalue weighted by Gasteiger charge is 2.44. The van der Waals surface area contributed by atoms with E-state index in [2.05, 4.69) is 228 Å². The minimum atomic E-state index is 0.00838. The van der Waals surface area contributed by atoms with Gasteiger partial charge in [-0.15, -0.1) is 22.7 Å². The molecule has 5 heteroatoms. The van der Waals surface area contributed by atoms with Crippen LogP contribution in [0.25, 0.3) is 107 Å². The molecular formula is C68H53BN2S2. The van der Waals surface area contributed by atoms with Crippen LogP contribution in [0.4, 0.5) is 22.7 Å². The van der Waals surface area contributed by atoms with Crippen LogP contribution in [0.5, 0.6) is 0 Å². The summed E-state index contributed by atoms with van der Waals surface area (Å²) in [6, 6.07) is 67.4.